The first-order valence-corrected chi connectivity index (χ1v) is 5.94. The number of aromatic amines is 1. The van der Waals surface area contributed by atoms with E-state index in [-0.39, 0.29) is 5.91 Å². The fraction of sp³-hybridized carbons (Fsp3) is 0.231. The molecule has 1 saturated heterocycles. The molecule has 18 heavy (non-hydrogen) atoms. The maximum Gasteiger partial charge on any atom is 0.253 e. The zero-order valence-electron chi connectivity index (χ0n) is 9.89. The number of anilines is 1. The molecule has 0 radical (unpaired) electrons. The second-order valence-corrected chi connectivity index (χ2v) is 4.43. The molecule has 1 aliphatic rings. The van der Waals surface area contributed by atoms with Gasteiger partial charge in [-0.25, -0.2) is 0 Å². The van der Waals surface area contributed by atoms with Crippen molar-refractivity contribution in [3.05, 3.63) is 35.9 Å². The number of carbonyl (C=O) groups is 1. The van der Waals surface area contributed by atoms with Crippen molar-refractivity contribution in [2.24, 2.45) is 0 Å². The minimum absolute atomic E-state index is 0.108. The van der Waals surface area contributed by atoms with Crippen molar-refractivity contribution in [3.63, 3.8) is 0 Å². The van der Waals surface area contributed by atoms with Gasteiger partial charge in [0.1, 0.15) is 5.82 Å². The van der Waals surface area contributed by atoms with Crippen LogP contribution in [0.3, 0.4) is 0 Å². The maximum absolute atomic E-state index is 12.0. The van der Waals surface area contributed by atoms with E-state index in [4.69, 9.17) is 5.73 Å². The number of nitrogen functional groups attached to an aromatic ring is 1. The number of hydrogen-bond acceptors (Lipinski definition) is 3. The number of H-pyrrole nitrogens is 1. The Hall–Kier alpha value is -2.30. The summed E-state index contributed by atoms with van der Waals surface area (Å²) in [7, 11) is 0. The second kappa shape index (κ2) is 4.18. The average molecular weight is 242 g/mol. The number of amides is 1. The molecule has 92 valence electrons. The minimum atomic E-state index is 0.108. The van der Waals surface area contributed by atoms with Gasteiger partial charge in [0.25, 0.3) is 5.91 Å². The van der Waals surface area contributed by atoms with E-state index in [9.17, 15) is 4.79 Å². The highest BCUT2D eigenvalue weighted by molar-refractivity contribution is 5.95. The lowest BCUT2D eigenvalue weighted by atomic mass is 10.1. The number of carbonyl (C=O) groups excluding carboxylic acids is 1. The number of nitrogens with zero attached hydrogens (tertiary/aromatic N) is 2. The third kappa shape index (κ3) is 1.84. The van der Waals surface area contributed by atoms with Crippen LogP contribution < -0.4 is 5.73 Å². The Morgan fingerprint density at radius 2 is 2.00 bits per heavy atom. The molecule has 0 saturated carbocycles. The average Bonchev–Trinajstić information content (AvgIpc) is 2.74. The van der Waals surface area contributed by atoms with Crippen molar-refractivity contribution in [2.75, 3.05) is 18.8 Å². The zero-order chi connectivity index (χ0) is 12.5. The van der Waals surface area contributed by atoms with E-state index >= 15 is 0 Å². The van der Waals surface area contributed by atoms with E-state index < -0.39 is 0 Å². The van der Waals surface area contributed by atoms with E-state index in [2.05, 4.69) is 10.2 Å². The predicted octanol–water partition coefficient (Wildman–Crippen LogP) is 1.50. The molecular weight excluding hydrogens is 228 g/mol. The Kier molecular flexibility index (Phi) is 2.51. The third-order valence-corrected chi connectivity index (χ3v) is 3.18. The van der Waals surface area contributed by atoms with Gasteiger partial charge >= 0.3 is 0 Å². The van der Waals surface area contributed by atoms with Crippen molar-refractivity contribution in [2.45, 2.75) is 6.42 Å². The number of benzene rings is 1. The zero-order valence-corrected chi connectivity index (χ0v) is 9.89. The molecule has 0 atom stereocenters. The lowest BCUT2D eigenvalue weighted by Gasteiger charge is -2.30. The first-order valence-electron chi connectivity index (χ1n) is 5.94. The molecule has 0 bridgehead atoms. The minimum Gasteiger partial charge on any atom is -0.382 e. The lowest BCUT2D eigenvalue weighted by molar-refractivity contribution is 0.0652. The van der Waals surface area contributed by atoms with Crippen LogP contribution in [0.4, 0.5) is 5.82 Å². The number of nitrogens with one attached hydrogen (secondary N) is 1. The molecule has 0 aliphatic carbocycles. The fourth-order valence-electron chi connectivity index (χ4n) is 1.98. The topological polar surface area (TPSA) is 75.0 Å². The monoisotopic (exact) mass is 242 g/mol. The summed E-state index contributed by atoms with van der Waals surface area (Å²) >= 11 is 0. The summed E-state index contributed by atoms with van der Waals surface area (Å²) in [4.78, 5) is 13.8. The SMILES string of the molecule is Nc1cc(-c2ccc(C(=O)N3CCC3)cc2)[nH]n1. The second-order valence-electron chi connectivity index (χ2n) is 4.43. The highest BCUT2D eigenvalue weighted by Crippen LogP contribution is 2.20. The van der Waals surface area contributed by atoms with Crippen LogP contribution in [0.15, 0.2) is 30.3 Å². The first kappa shape index (κ1) is 10.8. The van der Waals surface area contributed by atoms with Gasteiger partial charge in [0.15, 0.2) is 0 Å². The summed E-state index contributed by atoms with van der Waals surface area (Å²) in [5, 5.41) is 6.72. The Balaban J connectivity index is 1.82. The van der Waals surface area contributed by atoms with E-state index in [1.165, 1.54) is 0 Å². The molecule has 5 heteroatoms. The van der Waals surface area contributed by atoms with Crippen LogP contribution >= 0.6 is 0 Å². The van der Waals surface area contributed by atoms with Gasteiger partial charge in [-0.15, -0.1) is 0 Å². The van der Waals surface area contributed by atoms with Crippen LogP contribution in [0.5, 0.6) is 0 Å². The van der Waals surface area contributed by atoms with Crippen LogP contribution in [0, 0.1) is 0 Å². The Bertz CT molecular complexity index is 569. The maximum atomic E-state index is 12.0. The van der Waals surface area contributed by atoms with Crippen LogP contribution in [-0.2, 0) is 0 Å². The Morgan fingerprint density at radius 1 is 1.28 bits per heavy atom. The van der Waals surface area contributed by atoms with Gasteiger partial charge in [-0.3, -0.25) is 9.89 Å². The fourth-order valence-corrected chi connectivity index (χ4v) is 1.98. The highest BCUT2D eigenvalue weighted by Gasteiger charge is 2.21. The normalized spacial score (nSPS) is 14.3. The molecule has 1 aromatic heterocycles. The van der Waals surface area contributed by atoms with E-state index in [0.717, 1.165) is 36.3 Å². The predicted molar refractivity (Wildman–Crippen MR) is 69.0 cm³/mol. The molecule has 2 heterocycles. The number of nitrogens with two attached hydrogens (primary N) is 1. The third-order valence-electron chi connectivity index (χ3n) is 3.18. The smallest absolute Gasteiger partial charge is 0.253 e. The van der Waals surface area contributed by atoms with Crippen LogP contribution in [0.25, 0.3) is 11.3 Å². The standard InChI is InChI=1S/C13H14N4O/c14-12-8-11(15-16-12)9-2-4-10(5-3-9)13(18)17-6-1-7-17/h2-5,8H,1,6-7H2,(H3,14,15,16). The molecule has 3 rings (SSSR count). The Morgan fingerprint density at radius 3 is 2.50 bits per heavy atom. The highest BCUT2D eigenvalue weighted by atomic mass is 16.2. The number of aromatic nitrogens is 2. The van der Waals surface area contributed by atoms with Gasteiger partial charge < -0.3 is 10.6 Å². The molecule has 1 aliphatic heterocycles. The van der Waals surface area contributed by atoms with Gasteiger partial charge in [-0.1, -0.05) is 12.1 Å². The largest absolute Gasteiger partial charge is 0.382 e. The first-order chi connectivity index (χ1) is 8.74. The Labute approximate surface area is 105 Å². The van der Waals surface area contributed by atoms with Crippen molar-refractivity contribution < 1.29 is 4.79 Å². The molecule has 1 amide bonds. The summed E-state index contributed by atoms with van der Waals surface area (Å²) in [5.41, 5.74) is 8.11. The molecule has 0 unspecified atom stereocenters. The molecule has 2 aromatic rings. The summed E-state index contributed by atoms with van der Waals surface area (Å²) in [5.74, 6) is 0.572. The van der Waals surface area contributed by atoms with Gasteiger partial charge in [0.2, 0.25) is 0 Å². The van der Waals surface area contributed by atoms with Crippen LogP contribution in [0.1, 0.15) is 16.8 Å². The summed E-state index contributed by atoms with van der Waals surface area (Å²) in [6.07, 6.45) is 1.11. The van der Waals surface area contributed by atoms with Crippen molar-refractivity contribution in [3.8, 4) is 11.3 Å². The van der Waals surface area contributed by atoms with E-state index in [1.54, 1.807) is 6.07 Å². The van der Waals surface area contributed by atoms with Crippen LogP contribution in [-0.4, -0.2) is 34.1 Å². The lowest BCUT2D eigenvalue weighted by Crippen LogP contribution is -2.41. The van der Waals surface area contributed by atoms with E-state index in [1.807, 2.05) is 29.2 Å². The number of likely N-dealkylation sites (tertiary alicyclic amines) is 1. The number of hydrogen-bond donors (Lipinski definition) is 2. The summed E-state index contributed by atoms with van der Waals surface area (Å²) < 4.78 is 0. The van der Waals surface area contributed by atoms with Crippen molar-refractivity contribution >= 4 is 11.7 Å². The van der Waals surface area contributed by atoms with Gasteiger partial charge in [-0.2, -0.15) is 5.10 Å². The summed E-state index contributed by atoms with van der Waals surface area (Å²) in [6, 6.07) is 9.26. The van der Waals surface area contributed by atoms with Gasteiger partial charge in [0, 0.05) is 24.7 Å². The number of rotatable bonds is 2. The van der Waals surface area contributed by atoms with E-state index in [0.29, 0.717) is 5.82 Å². The van der Waals surface area contributed by atoms with Crippen molar-refractivity contribution in [1.82, 2.24) is 15.1 Å². The molecule has 1 aromatic carbocycles. The van der Waals surface area contributed by atoms with Gasteiger partial charge in [-0.05, 0) is 24.1 Å². The quantitative estimate of drug-likeness (QED) is 0.838. The molecule has 3 N–H and O–H groups in total. The van der Waals surface area contributed by atoms with Crippen molar-refractivity contribution in [1.29, 1.82) is 0 Å². The summed E-state index contributed by atoms with van der Waals surface area (Å²) in [6.45, 7) is 1.75. The molecular formula is C13H14N4O. The van der Waals surface area contributed by atoms with Crippen LogP contribution in [0.2, 0.25) is 0 Å². The van der Waals surface area contributed by atoms with Gasteiger partial charge in [0.05, 0.1) is 5.69 Å². The molecule has 0 spiro atoms. The molecule has 5 nitrogen and oxygen atoms in total. The molecule has 1 fully saturated rings.